The molecular weight excluding hydrogens is 222 g/mol. The molecule has 2 aromatic carbocycles. The molecule has 0 atom stereocenters. The highest BCUT2D eigenvalue weighted by Crippen LogP contribution is 2.23. The minimum Gasteiger partial charge on any atom is -0.398 e. The molecule has 2 aromatic rings. The molecule has 0 aliphatic carbocycles. The number of hydrogen-bond donors (Lipinski definition) is 1. The van der Waals surface area contributed by atoms with Crippen molar-refractivity contribution in [1.82, 2.24) is 0 Å². The predicted octanol–water partition coefficient (Wildman–Crippen LogP) is 3.10. The zero-order valence-corrected chi connectivity index (χ0v) is 10.3. The Morgan fingerprint density at radius 3 is 1.72 bits per heavy atom. The van der Waals surface area contributed by atoms with Gasteiger partial charge in [0.2, 0.25) is 0 Å². The number of hydrogen-bond acceptors (Lipinski definition) is 2. The van der Waals surface area contributed by atoms with E-state index in [2.05, 4.69) is 0 Å². The molecule has 0 amide bonds. The van der Waals surface area contributed by atoms with E-state index in [1.165, 1.54) is 6.92 Å². The van der Waals surface area contributed by atoms with Gasteiger partial charge in [0.25, 0.3) is 0 Å². The van der Waals surface area contributed by atoms with E-state index in [1.807, 2.05) is 60.7 Å². The van der Waals surface area contributed by atoms with Crippen LogP contribution >= 0.6 is 0 Å². The van der Waals surface area contributed by atoms with Crippen molar-refractivity contribution in [3.8, 4) is 0 Å². The Morgan fingerprint density at radius 1 is 0.833 bits per heavy atom. The number of benzene rings is 2. The summed E-state index contributed by atoms with van der Waals surface area (Å²) in [4.78, 5) is 11.8. The van der Waals surface area contributed by atoms with Gasteiger partial charge in [0.1, 0.15) is 0 Å². The van der Waals surface area contributed by atoms with E-state index in [9.17, 15) is 4.79 Å². The molecule has 0 heterocycles. The van der Waals surface area contributed by atoms with Crippen molar-refractivity contribution in [2.24, 2.45) is 5.73 Å². The van der Waals surface area contributed by atoms with Crippen LogP contribution in [0.15, 0.2) is 60.7 Å². The van der Waals surface area contributed by atoms with Crippen LogP contribution in [0.2, 0.25) is 0 Å². The Hall–Kier alpha value is -2.35. The number of Topliss-reactive ketones (excluding diaryl/α,β-unsaturated/α-hetero) is 1. The van der Waals surface area contributed by atoms with Crippen molar-refractivity contribution in [2.75, 3.05) is 0 Å². The smallest absolute Gasteiger partial charge is 0.162 e. The fourth-order valence-electron chi connectivity index (χ4n) is 1.92. The molecular formula is C16H15NO. The molecule has 0 saturated carbocycles. The van der Waals surface area contributed by atoms with Gasteiger partial charge in [0.15, 0.2) is 5.78 Å². The highest BCUT2D eigenvalue weighted by atomic mass is 16.1. The van der Waals surface area contributed by atoms with Crippen LogP contribution in [-0.2, 0) is 4.79 Å². The summed E-state index contributed by atoms with van der Waals surface area (Å²) in [6.07, 6.45) is 0. The molecule has 0 saturated heterocycles. The maximum atomic E-state index is 11.8. The van der Waals surface area contributed by atoms with E-state index in [1.54, 1.807) is 0 Å². The number of allylic oxidation sites excluding steroid dienone is 1. The fraction of sp³-hybridized carbons (Fsp3) is 0.0625. The molecule has 2 N–H and O–H groups in total. The van der Waals surface area contributed by atoms with Crippen molar-refractivity contribution in [2.45, 2.75) is 6.92 Å². The van der Waals surface area contributed by atoms with Crippen LogP contribution in [0.1, 0.15) is 18.1 Å². The van der Waals surface area contributed by atoms with Gasteiger partial charge in [-0.1, -0.05) is 60.7 Å². The third-order valence-corrected chi connectivity index (χ3v) is 2.77. The highest BCUT2D eigenvalue weighted by Gasteiger charge is 2.12. The highest BCUT2D eigenvalue weighted by molar-refractivity contribution is 6.26. The summed E-state index contributed by atoms with van der Waals surface area (Å²) in [5.41, 5.74) is 8.94. The van der Waals surface area contributed by atoms with Gasteiger partial charge in [-0.2, -0.15) is 0 Å². The summed E-state index contributed by atoms with van der Waals surface area (Å²) in [5, 5.41) is 0. The Kier molecular flexibility index (Phi) is 3.58. The first-order valence-electron chi connectivity index (χ1n) is 5.81. The first-order valence-corrected chi connectivity index (χ1v) is 5.81. The molecule has 2 heteroatoms. The average molecular weight is 237 g/mol. The van der Waals surface area contributed by atoms with Crippen LogP contribution in [0.3, 0.4) is 0 Å². The van der Waals surface area contributed by atoms with Gasteiger partial charge in [-0.3, -0.25) is 4.79 Å². The third kappa shape index (κ3) is 2.48. The summed E-state index contributed by atoms with van der Waals surface area (Å²) in [6, 6.07) is 19.1. The van der Waals surface area contributed by atoms with Crippen molar-refractivity contribution < 1.29 is 4.79 Å². The van der Waals surface area contributed by atoms with Crippen LogP contribution in [-0.4, -0.2) is 5.78 Å². The monoisotopic (exact) mass is 237 g/mol. The zero-order chi connectivity index (χ0) is 13.0. The zero-order valence-electron chi connectivity index (χ0n) is 10.3. The second-order valence-corrected chi connectivity index (χ2v) is 4.08. The summed E-state index contributed by atoms with van der Waals surface area (Å²) in [7, 11) is 0. The van der Waals surface area contributed by atoms with Gasteiger partial charge in [-0.15, -0.1) is 0 Å². The molecule has 2 rings (SSSR count). The number of nitrogens with two attached hydrogens (primary N) is 1. The van der Waals surface area contributed by atoms with Gasteiger partial charge in [-0.05, 0) is 18.1 Å². The number of ketones is 1. The van der Waals surface area contributed by atoms with Crippen LogP contribution in [0.5, 0.6) is 0 Å². The lowest BCUT2D eigenvalue weighted by Gasteiger charge is -2.09. The van der Waals surface area contributed by atoms with E-state index in [4.69, 9.17) is 5.73 Å². The topological polar surface area (TPSA) is 43.1 Å². The van der Waals surface area contributed by atoms with Crippen molar-refractivity contribution >= 4 is 17.1 Å². The van der Waals surface area contributed by atoms with E-state index < -0.39 is 0 Å². The fourth-order valence-corrected chi connectivity index (χ4v) is 1.92. The first kappa shape index (κ1) is 12.1. The largest absolute Gasteiger partial charge is 0.398 e. The Labute approximate surface area is 107 Å². The van der Waals surface area contributed by atoms with Crippen LogP contribution < -0.4 is 5.73 Å². The molecule has 0 radical (unpaired) electrons. The normalized spacial score (nSPS) is 11.8. The molecule has 0 aromatic heterocycles. The molecule has 18 heavy (non-hydrogen) atoms. The SMILES string of the molecule is CC(=O)/C(=C(\N)c1ccccc1)c1ccccc1. The molecule has 0 spiro atoms. The van der Waals surface area contributed by atoms with E-state index in [0.29, 0.717) is 11.3 Å². The lowest BCUT2D eigenvalue weighted by atomic mass is 9.97. The van der Waals surface area contributed by atoms with Gasteiger partial charge >= 0.3 is 0 Å². The standard InChI is InChI=1S/C16H15NO/c1-12(18)15(13-8-4-2-5-9-13)16(17)14-10-6-3-7-11-14/h2-11H,17H2,1H3/b16-15+. The number of carbonyl (C=O) groups is 1. The van der Waals surface area contributed by atoms with Crippen LogP contribution in [0.25, 0.3) is 11.3 Å². The summed E-state index contributed by atoms with van der Waals surface area (Å²) < 4.78 is 0. The van der Waals surface area contributed by atoms with E-state index in [0.717, 1.165) is 11.1 Å². The number of rotatable bonds is 3. The molecule has 0 aliphatic heterocycles. The van der Waals surface area contributed by atoms with Gasteiger partial charge in [0.05, 0.1) is 5.70 Å². The molecule has 0 unspecified atom stereocenters. The van der Waals surface area contributed by atoms with E-state index in [-0.39, 0.29) is 5.78 Å². The van der Waals surface area contributed by atoms with Gasteiger partial charge < -0.3 is 5.73 Å². The first-order chi connectivity index (χ1) is 8.70. The maximum absolute atomic E-state index is 11.8. The lowest BCUT2D eigenvalue weighted by molar-refractivity contribution is -0.111. The second kappa shape index (κ2) is 5.32. The Bertz CT molecular complexity index is 571. The molecule has 90 valence electrons. The lowest BCUT2D eigenvalue weighted by Crippen LogP contribution is -2.07. The van der Waals surface area contributed by atoms with Gasteiger partial charge in [0, 0.05) is 5.57 Å². The third-order valence-electron chi connectivity index (χ3n) is 2.77. The van der Waals surface area contributed by atoms with Crippen molar-refractivity contribution in [1.29, 1.82) is 0 Å². The number of carbonyl (C=O) groups excluding carboxylic acids is 1. The summed E-state index contributed by atoms with van der Waals surface area (Å²) in [5.74, 6) is -0.0254. The second-order valence-electron chi connectivity index (χ2n) is 4.08. The minimum absolute atomic E-state index is 0.0254. The van der Waals surface area contributed by atoms with Crippen molar-refractivity contribution in [3.05, 3.63) is 71.8 Å². The van der Waals surface area contributed by atoms with E-state index >= 15 is 0 Å². The quantitative estimate of drug-likeness (QED) is 0.658. The van der Waals surface area contributed by atoms with Gasteiger partial charge in [-0.25, -0.2) is 0 Å². The summed E-state index contributed by atoms with van der Waals surface area (Å²) >= 11 is 0. The Balaban J connectivity index is 2.58. The molecule has 0 bridgehead atoms. The van der Waals surface area contributed by atoms with Crippen molar-refractivity contribution in [3.63, 3.8) is 0 Å². The van der Waals surface area contributed by atoms with Crippen LogP contribution in [0.4, 0.5) is 0 Å². The van der Waals surface area contributed by atoms with Crippen LogP contribution in [0, 0.1) is 0 Å². The summed E-state index contributed by atoms with van der Waals surface area (Å²) in [6.45, 7) is 1.54. The Morgan fingerprint density at radius 2 is 1.28 bits per heavy atom. The molecule has 0 aliphatic rings. The minimum atomic E-state index is -0.0254. The maximum Gasteiger partial charge on any atom is 0.162 e. The average Bonchev–Trinajstić information content (AvgIpc) is 2.40. The molecule has 0 fully saturated rings. The predicted molar refractivity (Wildman–Crippen MR) is 74.6 cm³/mol. The molecule has 2 nitrogen and oxygen atoms in total.